The molecule has 18 heteroatoms. The van der Waals surface area contributed by atoms with Gasteiger partial charge in [-0.25, -0.2) is 28.6 Å². The number of nitrogen functional groups attached to an aromatic ring is 1. The number of anilines is 1. The topological polar surface area (TPSA) is 222 Å². The first-order valence-corrected chi connectivity index (χ1v) is 14.5. The zero-order valence-corrected chi connectivity index (χ0v) is 21.2. The van der Waals surface area contributed by atoms with Crippen molar-refractivity contribution in [1.29, 1.82) is 0 Å². The number of phosphoric ester groups is 1. The Kier molecular flexibility index (Phi) is 8.16. The lowest BCUT2D eigenvalue weighted by atomic mass is 10.1. The number of hydrogen-bond donors (Lipinski definition) is 5. The highest BCUT2D eigenvalue weighted by atomic mass is 32.5. The maximum atomic E-state index is 12.6. The first kappa shape index (κ1) is 27.4. The molecule has 37 heavy (non-hydrogen) atoms. The van der Waals surface area contributed by atoms with Gasteiger partial charge in [0.2, 0.25) is 0 Å². The Bertz CT molecular complexity index is 1400. The molecular formula is C19H21N5O10P2S. The Morgan fingerprint density at radius 3 is 2.65 bits per heavy atom. The van der Waals surface area contributed by atoms with Gasteiger partial charge in [-0.15, -0.1) is 0 Å². The van der Waals surface area contributed by atoms with E-state index in [4.69, 9.17) is 29.5 Å². The third-order valence-electron chi connectivity index (χ3n) is 5.05. The van der Waals surface area contributed by atoms with Gasteiger partial charge in [-0.3, -0.25) is 9.09 Å². The number of carbonyl (C=O) groups is 1. The summed E-state index contributed by atoms with van der Waals surface area (Å²) in [5.41, 5.74) is 6.98. The first-order valence-electron chi connectivity index (χ1n) is 10.4. The van der Waals surface area contributed by atoms with Gasteiger partial charge in [-0.2, -0.15) is 0 Å². The third kappa shape index (κ3) is 6.83. The third-order valence-corrected chi connectivity index (χ3v) is 7.80. The van der Waals surface area contributed by atoms with Crippen molar-refractivity contribution in [3.8, 4) is 0 Å². The van der Waals surface area contributed by atoms with E-state index in [2.05, 4.69) is 31.1 Å². The lowest BCUT2D eigenvalue weighted by molar-refractivity contribution is -0.152. The van der Waals surface area contributed by atoms with Crippen molar-refractivity contribution in [3.63, 3.8) is 0 Å². The Morgan fingerprint density at radius 2 is 1.95 bits per heavy atom. The van der Waals surface area contributed by atoms with Crippen LogP contribution in [0.3, 0.4) is 0 Å². The molecule has 0 saturated carbocycles. The van der Waals surface area contributed by atoms with Crippen molar-refractivity contribution in [2.24, 2.45) is 0 Å². The minimum atomic E-state index is -5.03. The Hall–Kier alpha value is -2.62. The Labute approximate surface area is 214 Å². The van der Waals surface area contributed by atoms with Gasteiger partial charge in [-0.1, -0.05) is 30.3 Å². The summed E-state index contributed by atoms with van der Waals surface area (Å²) in [5.74, 6) is -0.748. The van der Waals surface area contributed by atoms with Crippen LogP contribution in [0, 0.1) is 0 Å². The van der Waals surface area contributed by atoms with Gasteiger partial charge in [0.05, 0.1) is 12.9 Å². The number of carbonyl (C=O) groups excluding carboxylic acids is 1. The Morgan fingerprint density at radius 1 is 1.22 bits per heavy atom. The van der Waals surface area contributed by atoms with Crippen LogP contribution in [-0.2, 0) is 39.5 Å². The average Bonchev–Trinajstić information content (AvgIpc) is 3.38. The molecule has 3 aromatic rings. The fourth-order valence-corrected chi connectivity index (χ4v) is 5.85. The number of aliphatic hydroxyl groups excluding tert-OH is 1. The van der Waals surface area contributed by atoms with Gasteiger partial charge in [0.25, 0.3) is 0 Å². The van der Waals surface area contributed by atoms with Crippen LogP contribution in [0.5, 0.6) is 0 Å². The number of nitrogens with zero attached hydrogens (tertiary/aromatic N) is 4. The van der Waals surface area contributed by atoms with E-state index < -0.39 is 51.7 Å². The van der Waals surface area contributed by atoms with Crippen molar-refractivity contribution >= 4 is 55.4 Å². The molecule has 15 nitrogen and oxygen atoms in total. The van der Waals surface area contributed by atoms with Crippen LogP contribution in [0.1, 0.15) is 11.8 Å². The van der Waals surface area contributed by atoms with Crippen molar-refractivity contribution in [2.75, 3.05) is 12.3 Å². The highest BCUT2D eigenvalue weighted by Gasteiger charge is 2.48. The number of aliphatic hydroxyl groups is 1. The number of imidazole rings is 1. The number of rotatable bonds is 9. The number of benzene rings is 1. The minimum absolute atomic E-state index is 0.0728. The average molecular weight is 573 g/mol. The van der Waals surface area contributed by atoms with E-state index in [1.807, 2.05) is 6.07 Å². The SMILES string of the molecule is Nc1ncnc2c1ncn2[C@@H]1O[C@H](COP(=O)(O)OP(O)(O)=S)[C@@H](O)[C@H]1OC(=O)/C=C/c1ccccc1. The molecule has 0 amide bonds. The van der Waals surface area contributed by atoms with Crippen LogP contribution in [0.25, 0.3) is 17.2 Å². The molecule has 5 atom stereocenters. The lowest BCUT2D eigenvalue weighted by Gasteiger charge is -2.21. The van der Waals surface area contributed by atoms with Gasteiger partial charge in [0.15, 0.2) is 23.8 Å². The number of fused-ring (bicyclic) bond motifs is 1. The summed E-state index contributed by atoms with van der Waals surface area (Å²) in [6.45, 7) is -5.31. The second-order valence-electron chi connectivity index (χ2n) is 7.62. The molecule has 3 heterocycles. The lowest BCUT2D eigenvalue weighted by Crippen LogP contribution is -2.37. The van der Waals surface area contributed by atoms with Crippen LogP contribution in [0.2, 0.25) is 0 Å². The fourth-order valence-electron chi connectivity index (χ4n) is 3.49. The van der Waals surface area contributed by atoms with E-state index in [1.54, 1.807) is 24.3 Å². The molecule has 1 aromatic carbocycles. The van der Waals surface area contributed by atoms with Crippen LogP contribution in [-0.4, -0.2) is 70.2 Å². The van der Waals surface area contributed by atoms with E-state index in [-0.39, 0.29) is 17.0 Å². The minimum Gasteiger partial charge on any atom is -0.451 e. The fraction of sp³-hybridized carbons (Fsp3) is 0.263. The zero-order chi connectivity index (χ0) is 26.8. The molecule has 0 bridgehead atoms. The van der Waals surface area contributed by atoms with Gasteiger partial charge in [0, 0.05) is 6.08 Å². The number of esters is 1. The maximum Gasteiger partial charge on any atom is 0.479 e. The van der Waals surface area contributed by atoms with Gasteiger partial charge in [-0.05, 0) is 23.4 Å². The quantitative estimate of drug-likeness (QED) is 0.135. The van der Waals surface area contributed by atoms with Gasteiger partial charge >= 0.3 is 20.5 Å². The molecule has 4 rings (SSSR count). The summed E-state index contributed by atoms with van der Waals surface area (Å²) in [5, 5.41) is 10.9. The number of ether oxygens (including phenoxy) is 2. The van der Waals surface area contributed by atoms with Gasteiger partial charge < -0.3 is 35.0 Å². The second-order valence-corrected chi connectivity index (χ2v) is 11.9. The molecule has 1 aliphatic rings. The summed E-state index contributed by atoms with van der Waals surface area (Å²) in [7, 11) is -5.03. The maximum absolute atomic E-state index is 12.6. The van der Waals surface area contributed by atoms with Gasteiger partial charge in [0.1, 0.15) is 24.1 Å². The van der Waals surface area contributed by atoms with E-state index in [0.29, 0.717) is 0 Å². The molecule has 2 aromatic heterocycles. The molecule has 1 unspecified atom stereocenters. The van der Waals surface area contributed by atoms with E-state index in [1.165, 1.54) is 23.3 Å². The number of nitrogens with two attached hydrogens (primary N) is 1. The highest BCUT2D eigenvalue weighted by molar-refractivity contribution is 8.08. The molecule has 0 radical (unpaired) electrons. The molecule has 198 valence electrons. The van der Waals surface area contributed by atoms with E-state index >= 15 is 0 Å². The largest absolute Gasteiger partial charge is 0.479 e. The normalized spacial score (nSPS) is 23.9. The molecule has 6 N–H and O–H groups in total. The molecule has 1 fully saturated rings. The molecule has 1 aliphatic heterocycles. The van der Waals surface area contributed by atoms with Crippen molar-refractivity contribution in [1.82, 2.24) is 19.5 Å². The van der Waals surface area contributed by atoms with Crippen LogP contribution < -0.4 is 5.73 Å². The number of aromatic nitrogens is 4. The van der Waals surface area contributed by atoms with Crippen LogP contribution >= 0.6 is 14.5 Å². The van der Waals surface area contributed by atoms with Crippen molar-refractivity contribution in [2.45, 2.75) is 24.5 Å². The predicted octanol–water partition coefficient (Wildman–Crippen LogP) is 0.635. The summed E-state index contributed by atoms with van der Waals surface area (Å²) >= 11 is 4.17. The summed E-state index contributed by atoms with van der Waals surface area (Å²) in [6, 6.07) is 8.92. The monoisotopic (exact) mass is 573 g/mol. The number of hydrogen-bond acceptors (Lipinski definition) is 12. The smallest absolute Gasteiger partial charge is 0.451 e. The summed E-state index contributed by atoms with van der Waals surface area (Å²) < 4.78 is 33.4. The standard InChI is InChI=1S/C19H21N5O10P2S/c20-17-14-18(22-9-21-17)24(10-23-14)19-16(33-13(25)7-6-11-4-2-1-3-5-11)15(26)12(32-19)8-31-35(27,28)34-36(29,30)37/h1-7,9-10,12,15-16,19,26H,8H2,(H,27,28)(H2,20,21,22)(H2,29,30,37)/b7-6+/t12-,15-,16-,19-/m1/s1. The van der Waals surface area contributed by atoms with Crippen LogP contribution in [0.4, 0.5) is 5.82 Å². The highest BCUT2D eigenvalue weighted by Crippen LogP contribution is 2.58. The Balaban J connectivity index is 1.58. The zero-order valence-electron chi connectivity index (χ0n) is 18.6. The molecule has 0 spiro atoms. The van der Waals surface area contributed by atoms with E-state index in [9.17, 15) is 19.4 Å². The van der Waals surface area contributed by atoms with Crippen LogP contribution in [0.15, 0.2) is 49.1 Å². The van der Waals surface area contributed by atoms with Crippen molar-refractivity contribution in [3.05, 3.63) is 54.6 Å². The molecular weight excluding hydrogens is 552 g/mol. The second kappa shape index (κ2) is 11.0. The summed E-state index contributed by atoms with van der Waals surface area (Å²) in [6.07, 6.45) is -0.399. The van der Waals surface area contributed by atoms with E-state index in [0.717, 1.165) is 11.6 Å². The summed E-state index contributed by atoms with van der Waals surface area (Å²) in [4.78, 5) is 52.6. The predicted molar refractivity (Wildman–Crippen MR) is 131 cm³/mol. The molecule has 1 saturated heterocycles. The van der Waals surface area contributed by atoms with Crippen molar-refractivity contribution < 1.29 is 47.5 Å². The molecule has 0 aliphatic carbocycles. The number of phosphoric acid groups is 1. The first-order chi connectivity index (χ1) is 17.4.